The molecule has 0 aliphatic rings. The van der Waals surface area contributed by atoms with Gasteiger partial charge in [0.2, 0.25) is 5.91 Å². The van der Waals surface area contributed by atoms with Crippen molar-refractivity contribution in [2.24, 2.45) is 0 Å². The number of nitrogens with zero attached hydrogens (tertiary/aromatic N) is 4. The van der Waals surface area contributed by atoms with Crippen molar-refractivity contribution in [2.75, 3.05) is 11.1 Å². The van der Waals surface area contributed by atoms with E-state index in [0.29, 0.717) is 33.9 Å². The smallest absolute Gasteiger partial charge is 0.226 e. The summed E-state index contributed by atoms with van der Waals surface area (Å²) >= 11 is 7.45. The fourth-order valence-electron chi connectivity index (χ4n) is 1.99. The molecule has 7 nitrogen and oxygen atoms in total. The zero-order valence-electron chi connectivity index (χ0n) is 12.8. The highest BCUT2D eigenvalue weighted by Crippen LogP contribution is 2.22. The van der Waals surface area contributed by atoms with Gasteiger partial charge >= 0.3 is 0 Å². The summed E-state index contributed by atoms with van der Waals surface area (Å²) in [5.74, 6) is 1.49. The number of benzene rings is 1. The van der Waals surface area contributed by atoms with E-state index in [1.54, 1.807) is 25.4 Å². The Morgan fingerprint density at radius 2 is 2.29 bits per heavy atom. The monoisotopic (exact) mass is 363 g/mol. The Hall–Kier alpha value is -2.32. The Bertz CT molecular complexity index is 848. The van der Waals surface area contributed by atoms with Crippen molar-refractivity contribution in [3.8, 4) is 5.69 Å². The molecule has 2 aromatic heterocycles. The summed E-state index contributed by atoms with van der Waals surface area (Å²) < 4.78 is 6.73. The van der Waals surface area contributed by atoms with Crippen molar-refractivity contribution in [2.45, 2.75) is 18.5 Å². The molecule has 1 aromatic carbocycles. The van der Waals surface area contributed by atoms with Gasteiger partial charge in [-0.15, -0.1) is 10.2 Å². The molecule has 0 unspecified atom stereocenters. The Kier molecular flexibility index (Phi) is 5.17. The minimum absolute atomic E-state index is 0.135. The van der Waals surface area contributed by atoms with Crippen LogP contribution in [-0.4, -0.2) is 31.6 Å². The van der Waals surface area contributed by atoms with Crippen molar-refractivity contribution in [3.63, 3.8) is 0 Å². The molecule has 0 saturated heterocycles. The van der Waals surface area contributed by atoms with Gasteiger partial charge in [0.05, 0.1) is 5.69 Å². The first-order valence-corrected chi connectivity index (χ1v) is 8.50. The van der Waals surface area contributed by atoms with Crippen molar-refractivity contribution in [1.82, 2.24) is 19.9 Å². The molecule has 3 rings (SSSR count). The molecule has 0 atom stereocenters. The first kappa shape index (κ1) is 16.5. The summed E-state index contributed by atoms with van der Waals surface area (Å²) in [7, 11) is 0. The first-order chi connectivity index (χ1) is 11.6. The molecule has 3 aromatic rings. The topological polar surface area (TPSA) is 85.8 Å². The standard InChI is InChI=1S/C15H14ClN5O2S/c1-10-7-13(20-23-10)18-14(22)5-6-24-15-19-17-9-21(15)12-4-2-3-11(16)8-12/h2-4,7-9H,5-6H2,1H3,(H,18,20,22). The highest BCUT2D eigenvalue weighted by molar-refractivity contribution is 7.99. The molecule has 9 heteroatoms. The zero-order chi connectivity index (χ0) is 16.9. The van der Waals surface area contributed by atoms with E-state index >= 15 is 0 Å². The van der Waals surface area contributed by atoms with E-state index in [1.165, 1.54) is 11.8 Å². The Balaban J connectivity index is 1.56. The molecule has 1 N–H and O–H groups in total. The summed E-state index contributed by atoms with van der Waals surface area (Å²) in [6.45, 7) is 1.77. The van der Waals surface area contributed by atoms with E-state index in [0.717, 1.165) is 5.69 Å². The lowest BCUT2D eigenvalue weighted by Crippen LogP contribution is -2.12. The second kappa shape index (κ2) is 7.50. The summed E-state index contributed by atoms with van der Waals surface area (Å²) in [6.07, 6.45) is 1.94. The van der Waals surface area contributed by atoms with Gasteiger partial charge in [0.25, 0.3) is 0 Å². The number of hydrogen-bond acceptors (Lipinski definition) is 6. The second-order valence-electron chi connectivity index (χ2n) is 4.93. The summed E-state index contributed by atoms with van der Waals surface area (Å²) in [5, 5.41) is 15.7. The lowest BCUT2D eigenvalue weighted by atomic mass is 10.3. The van der Waals surface area contributed by atoms with Crippen LogP contribution in [0.25, 0.3) is 5.69 Å². The number of carbonyl (C=O) groups is 1. The van der Waals surface area contributed by atoms with Gasteiger partial charge in [-0.3, -0.25) is 9.36 Å². The average molecular weight is 364 g/mol. The van der Waals surface area contributed by atoms with Crippen LogP contribution in [0.2, 0.25) is 5.02 Å². The van der Waals surface area contributed by atoms with Crippen LogP contribution < -0.4 is 5.32 Å². The third-order valence-corrected chi connectivity index (χ3v) is 4.24. The lowest BCUT2D eigenvalue weighted by Gasteiger charge is -2.06. The normalized spacial score (nSPS) is 10.8. The molecule has 124 valence electrons. The van der Waals surface area contributed by atoms with Crippen molar-refractivity contribution in [1.29, 1.82) is 0 Å². The number of carbonyl (C=O) groups excluding carboxylic acids is 1. The quantitative estimate of drug-likeness (QED) is 0.676. The maximum atomic E-state index is 11.9. The van der Waals surface area contributed by atoms with Gasteiger partial charge in [-0.2, -0.15) is 0 Å². The number of rotatable bonds is 6. The maximum Gasteiger partial charge on any atom is 0.226 e. The van der Waals surface area contributed by atoms with Crippen LogP contribution in [0.5, 0.6) is 0 Å². The van der Waals surface area contributed by atoms with Crippen molar-refractivity contribution in [3.05, 3.63) is 47.4 Å². The van der Waals surface area contributed by atoms with Gasteiger partial charge in [0.1, 0.15) is 12.1 Å². The molecule has 2 heterocycles. The molecule has 0 bridgehead atoms. The third kappa shape index (κ3) is 4.15. The van der Waals surface area contributed by atoms with E-state index in [2.05, 4.69) is 20.7 Å². The minimum Gasteiger partial charge on any atom is -0.360 e. The Morgan fingerprint density at radius 1 is 1.42 bits per heavy atom. The number of hydrogen-bond donors (Lipinski definition) is 1. The van der Waals surface area contributed by atoms with Gasteiger partial charge in [0.15, 0.2) is 11.0 Å². The molecule has 0 radical (unpaired) electrons. The predicted octanol–water partition coefficient (Wildman–Crippen LogP) is 3.34. The number of thioether (sulfide) groups is 1. The number of halogens is 1. The van der Waals surface area contributed by atoms with E-state index in [1.807, 2.05) is 22.8 Å². The minimum atomic E-state index is -0.135. The van der Waals surface area contributed by atoms with Gasteiger partial charge < -0.3 is 9.84 Å². The first-order valence-electron chi connectivity index (χ1n) is 7.14. The fourth-order valence-corrected chi connectivity index (χ4v) is 3.04. The Labute approximate surface area is 147 Å². The number of aromatic nitrogens is 4. The van der Waals surface area contributed by atoms with E-state index < -0.39 is 0 Å². The summed E-state index contributed by atoms with van der Waals surface area (Å²) in [4.78, 5) is 11.9. The summed E-state index contributed by atoms with van der Waals surface area (Å²) in [5.41, 5.74) is 0.873. The van der Waals surface area contributed by atoms with Crippen LogP contribution in [0.3, 0.4) is 0 Å². The largest absolute Gasteiger partial charge is 0.360 e. The molecule has 24 heavy (non-hydrogen) atoms. The Morgan fingerprint density at radius 3 is 3.04 bits per heavy atom. The SMILES string of the molecule is Cc1cc(NC(=O)CCSc2nncn2-c2cccc(Cl)c2)no1. The molecular weight excluding hydrogens is 350 g/mol. The van der Waals surface area contributed by atoms with Crippen LogP contribution >= 0.6 is 23.4 Å². The average Bonchev–Trinajstić information content (AvgIpc) is 3.16. The molecule has 0 aliphatic heterocycles. The van der Waals surface area contributed by atoms with Gasteiger partial charge in [-0.25, -0.2) is 0 Å². The van der Waals surface area contributed by atoms with Crippen molar-refractivity contribution < 1.29 is 9.32 Å². The zero-order valence-corrected chi connectivity index (χ0v) is 14.3. The van der Waals surface area contributed by atoms with E-state index in [9.17, 15) is 4.79 Å². The van der Waals surface area contributed by atoms with E-state index in [4.69, 9.17) is 16.1 Å². The van der Waals surface area contributed by atoms with Gasteiger partial charge in [0, 0.05) is 23.3 Å². The molecule has 0 spiro atoms. The fraction of sp³-hybridized carbons (Fsp3) is 0.200. The molecular formula is C15H14ClN5O2S. The number of amides is 1. The van der Waals surface area contributed by atoms with E-state index in [-0.39, 0.29) is 5.91 Å². The van der Waals surface area contributed by atoms with Crippen LogP contribution in [-0.2, 0) is 4.79 Å². The molecule has 1 amide bonds. The van der Waals surface area contributed by atoms with Crippen LogP contribution in [0.15, 0.2) is 46.3 Å². The molecule has 0 fully saturated rings. The highest BCUT2D eigenvalue weighted by atomic mass is 35.5. The third-order valence-electron chi connectivity index (χ3n) is 3.06. The summed E-state index contributed by atoms with van der Waals surface area (Å²) in [6, 6.07) is 9.08. The van der Waals surface area contributed by atoms with Gasteiger partial charge in [-0.1, -0.05) is 34.6 Å². The highest BCUT2D eigenvalue weighted by Gasteiger charge is 2.10. The number of aryl methyl sites for hydroxylation is 1. The number of nitrogens with one attached hydrogen (secondary N) is 1. The molecule has 0 saturated carbocycles. The van der Waals surface area contributed by atoms with Crippen LogP contribution in [0.1, 0.15) is 12.2 Å². The maximum absolute atomic E-state index is 11.9. The predicted molar refractivity (Wildman–Crippen MR) is 91.6 cm³/mol. The molecule has 0 aliphatic carbocycles. The van der Waals surface area contributed by atoms with Crippen LogP contribution in [0.4, 0.5) is 5.82 Å². The lowest BCUT2D eigenvalue weighted by molar-refractivity contribution is -0.115. The van der Waals surface area contributed by atoms with Crippen LogP contribution in [0, 0.1) is 6.92 Å². The second-order valence-corrected chi connectivity index (χ2v) is 6.43. The van der Waals surface area contributed by atoms with Crippen molar-refractivity contribution >= 4 is 35.1 Å². The number of anilines is 1. The van der Waals surface area contributed by atoms with Gasteiger partial charge in [-0.05, 0) is 25.1 Å².